The molecule has 2 atom stereocenters. The lowest BCUT2D eigenvalue weighted by Gasteiger charge is -2.18. The quantitative estimate of drug-likeness (QED) is 0.703. The molecule has 0 unspecified atom stereocenters. The molecule has 0 spiro atoms. The van der Waals surface area contributed by atoms with Crippen LogP contribution in [0.15, 0.2) is 30.3 Å². The topological polar surface area (TPSA) is 54.5 Å². The number of carbonyl (C=O) groups excluding carboxylic acids is 3. The molecule has 2 fully saturated rings. The standard InChI is InChI=1S/C14H13NO3/c16-10-6-7-11-12(8-10)14(18)15(13(11)17)9-4-2-1-3-5-9/h1-5,11-12H,6-8H2/t11-,12-/m0/s1. The van der Waals surface area contributed by atoms with E-state index in [1.54, 1.807) is 24.3 Å². The number of rotatable bonds is 1. The smallest absolute Gasteiger partial charge is 0.238 e. The van der Waals surface area contributed by atoms with Crippen molar-refractivity contribution in [2.24, 2.45) is 11.8 Å². The summed E-state index contributed by atoms with van der Waals surface area (Å²) in [5, 5.41) is 0. The molecule has 1 heterocycles. The average molecular weight is 243 g/mol. The molecule has 3 rings (SSSR count). The van der Waals surface area contributed by atoms with Crippen LogP contribution >= 0.6 is 0 Å². The number of para-hydroxylation sites is 1. The van der Waals surface area contributed by atoms with Gasteiger partial charge in [0.2, 0.25) is 11.8 Å². The molecule has 2 aliphatic rings. The zero-order chi connectivity index (χ0) is 12.7. The van der Waals surface area contributed by atoms with Gasteiger partial charge >= 0.3 is 0 Å². The number of anilines is 1. The van der Waals surface area contributed by atoms with E-state index in [2.05, 4.69) is 0 Å². The van der Waals surface area contributed by atoms with Crippen LogP contribution in [-0.2, 0) is 14.4 Å². The molecule has 0 N–H and O–H groups in total. The summed E-state index contributed by atoms with van der Waals surface area (Å²) in [6.45, 7) is 0. The van der Waals surface area contributed by atoms with Gasteiger partial charge in [-0.05, 0) is 18.6 Å². The highest BCUT2D eigenvalue weighted by atomic mass is 16.2. The second-order valence-corrected chi connectivity index (χ2v) is 4.84. The fraction of sp³-hybridized carbons (Fsp3) is 0.357. The van der Waals surface area contributed by atoms with Gasteiger partial charge in [0.25, 0.3) is 0 Å². The van der Waals surface area contributed by atoms with E-state index in [0.29, 0.717) is 18.5 Å². The van der Waals surface area contributed by atoms with Crippen molar-refractivity contribution in [3.8, 4) is 0 Å². The second-order valence-electron chi connectivity index (χ2n) is 4.84. The third-order valence-electron chi connectivity index (χ3n) is 3.76. The van der Waals surface area contributed by atoms with Gasteiger partial charge in [0.05, 0.1) is 17.5 Å². The van der Waals surface area contributed by atoms with Gasteiger partial charge in [-0.15, -0.1) is 0 Å². The number of carbonyl (C=O) groups is 3. The molecule has 2 amide bonds. The maximum absolute atomic E-state index is 12.3. The molecular formula is C14H13NO3. The van der Waals surface area contributed by atoms with Crippen LogP contribution in [0, 0.1) is 11.8 Å². The van der Waals surface area contributed by atoms with E-state index in [4.69, 9.17) is 0 Å². The van der Waals surface area contributed by atoms with Crippen LogP contribution in [0.25, 0.3) is 0 Å². The summed E-state index contributed by atoms with van der Waals surface area (Å²) in [6, 6.07) is 8.92. The van der Waals surface area contributed by atoms with Gasteiger partial charge in [-0.1, -0.05) is 18.2 Å². The number of amides is 2. The van der Waals surface area contributed by atoms with Crippen molar-refractivity contribution >= 4 is 23.3 Å². The van der Waals surface area contributed by atoms with Gasteiger partial charge in [-0.3, -0.25) is 19.3 Å². The van der Waals surface area contributed by atoms with Gasteiger partial charge < -0.3 is 0 Å². The molecule has 0 bridgehead atoms. The molecule has 1 aromatic rings. The molecule has 1 aliphatic carbocycles. The van der Waals surface area contributed by atoms with Crippen LogP contribution in [0.1, 0.15) is 19.3 Å². The Hall–Kier alpha value is -1.97. The molecule has 4 nitrogen and oxygen atoms in total. The third kappa shape index (κ3) is 1.56. The molecule has 1 saturated carbocycles. The minimum absolute atomic E-state index is 0.0901. The lowest BCUT2D eigenvalue weighted by atomic mass is 9.80. The van der Waals surface area contributed by atoms with Crippen molar-refractivity contribution in [1.82, 2.24) is 0 Å². The van der Waals surface area contributed by atoms with Gasteiger partial charge in [-0.25, -0.2) is 0 Å². The Morgan fingerprint density at radius 3 is 2.33 bits per heavy atom. The average Bonchev–Trinajstić information content (AvgIpc) is 2.63. The minimum atomic E-state index is -0.432. The minimum Gasteiger partial charge on any atom is -0.300 e. The molecule has 0 radical (unpaired) electrons. The molecule has 1 saturated heterocycles. The Morgan fingerprint density at radius 2 is 1.61 bits per heavy atom. The van der Waals surface area contributed by atoms with Crippen molar-refractivity contribution in [3.63, 3.8) is 0 Å². The molecule has 4 heteroatoms. The zero-order valence-corrected chi connectivity index (χ0v) is 9.83. The van der Waals surface area contributed by atoms with Gasteiger partial charge in [0.1, 0.15) is 5.78 Å². The van der Waals surface area contributed by atoms with Crippen LogP contribution in [0.4, 0.5) is 5.69 Å². The zero-order valence-electron chi connectivity index (χ0n) is 9.83. The molecule has 18 heavy (non-hydrogen) atoms. The number of hydrogen-bond donors (Lipinski definition) is 0. The van der Waals surface area contributed by atoms with Crippen molar-refractivity contribution in [1.29, 1.82) is 0 Å². The number of fused-ring (bicyclic) bond motifs is 1. The van der Waals surface area contributed by atoms with E-state index in [1.807, 2.05) is 6.07 Å². The first kappa shape index (κ1) is 11.1. The van der Waals surface area contributed by atoms with Crippen LogP contribution in [-0.4, -0.2) is 17.6 Å². The first-order valence-corrected chi connectivity index (χ1v) is 6.13. The number of hydrogen-bond acceptors (Lipinski definition) is 3. The second kappa shape index (κ2) is 4.05. The number of benzene rings is 1. The SMILES string of the molecule is O=C1CC[C@@H]2C(=O)N(c3ccccc3)C(=O)[C@H]2C1. The predicted molar refractivity (Wildman–Crippen MR) is 64.8 cm³/mol. The first-order chi connectivity index (χ1) is 8.68. The highest BCUT2D eigenvalue weighted by Crippen LogP contribution is 2.38. The highest BCUT2D eigenvalue weighted by Gasteiger charge is 2.50. The van der Waals surface area contributed by atoms with Crippen molar-refractivity contribution in [3.05, 3.63) is 30.3 Å². The van der Waals surface area contributed by atoms with E-state index in [-0.39, 0.29) is 29.9 Å². The normalized spacial score (nSPS) is 27.6. The molecular weight excluding hydrogens is 230 g/mol. The Balaban J connectivity index is 1.96. The van der Waals surface area contributed by atoms with Gasteiger partial charge in [0, 0.05) is 12.8 Å². The number of imide groups is 1. The van der Waals surface area contributed by atoms with Crippen molar-refractivity contribution in [2.75, 3.05) is 4.90 Å². The summed E-state index contributed by atoms with van der Waals surface area (Å²) < 4.78 is 0. The van der Waals surface area contributed by atoms with Crippen LogP contribution in [0.3, 0.4) is 0 Å². The highest BCUT2D eigenvalue weighted by molar-refractivity contribution is 6.23. The molecule has 1 aromatic carbocycles. The fourth-order valence-corrected chi connectivity index (χ4v) is 2.83. The van der Waals surface area contributed by atoms with Gasteiger partial charge in [-0.2, -0.15) is 0 Å². The summed E-state index contributed by atoms with van der Waals surface area (Å²) in [5.74, 6) is -1.00. The summed E-state index contributed by atoms with van der Waals surface area (Å²) in [7, 11) is 0. The molecule has 92 valence electrons. The number of ketones is 1. The summed E-state index contributed by atoms with van der Waals surface area (Å²) in [5.41, 5.74) is 0.606. The summed E-state index contributed by atoms with van der Waals surface area (Å²) >= 11 is 0. The number of nitrogens with zero attached hydrogens (tertiary/aromatic N) is 1. The summed E-state index contributed by atoms with van der Waals surface area (Å²) in [6.07, 6.45) is 1.15. The predicted octanol–water partition coefficient (Wildman–Crippen LogP) is 1.55. The fourth-order valence-electron chi connectivity index (χ4n) is 2.83. The van der Waals surface area contributed by atoms with Crippen molar-refractivity contribution in [2.45, 2.75) is 19.3 Å². The van der Waals surface area contributed by atoms with Crippen LogP contribution < -0.4 is 4.90 Å². The first-order valence-electron chi connectivity index (χ1n) is 6.13. The molecule has 0 aromatic heterocycles. The van der Waals surface area contributed by atoms with Crippen molar-refractivity contribution < 1.29 is 14.4 Å². The Morgan fingerprint density at radius 1 is 0.944 bits per heavy atom. The lowest BCUT2D eigenvalue weighted by Crippen LogP contribution is -2.30. The lowest BCUT2D eigenvalue weighted by molar-refractivity contribution is -0.129. The van der Waals surface area contributed by atoms with Gasteiger partial charge in [0.15, 0.2) is 0 Å². The largest absolute Gasteiger partial charge is 0.300 e. The van der Waals surface area contributed by atoms with E-state index in [1.165, 1.54) is 4.90 Å². The maximum Gasteiger partial charge on any atom is 0.238 e. The summed E-state index contributed by atoms with van der Waals surface area (Å²) in [4.78, 5) is 37.2. The van der Waals surface area contributed by atoms with E-state index in [9.17, 15) is 14.4 Å². The Labute approximate surface area is 105 Å². The van der Waals surface area contributed by atoms with Crippen LogP contribution in [0.5, 0.6) is 0 Å². The van der Waals surface area contributed by atoms with E-state index < -0.39 is 5.92 Å². The Bertz CT molecular complexity index is 523. The van der Waals surface area contributed by atoms with Crippen LogP contribution in [0.2, 0.25) is 0 Å². The van der Waals surface area contributed by atoms with E-state index in [0.717, 1.165) is 0 Å². The monoisotopic (exact) mass is 243 g/mol. The number of Topliss-reactive ketones (excluding diaryl/α,β-unsaturated/α-hetero) is 1. The third-order valence-corrected chi connectivity index (χ3v) is 3.76. The maximum atomic E-state index is 12.3. The van der Waals surface area contributed by atoms with E-state index >= 15 is 0 Å². The Kier molecular flexibility index (Phi) is 2.51. The molecule has 1 aliphatic heterocycles.